The summed E-state index contributed by atoms with van der Waals surface area (Å²) >= 11 is 0. The Morgan fingerprint density at radius 1 is 1.30 bits per heavy atom. The molecular formula is C15H19N3O2. The predicted octanol–water partition coefficient (Wildman–Crippen LogP) is 1.73. The number of carbonyl (C=O) groups excluding carboxylic acids is 2. The lowest BCUT2D eigenvalue weighted by Crippen LogP contribution is -2.50. The predicted molar refractivity (Wildman–Crippen MR) is 76.5 cm³/mol. The van der Waals surface area contributed by atoms with Crippen molar-refractivity contribution in [3.63, 3.8) is 0 Å². The highest BCUT2D eigenvalue weighted by atomic mass is 16.2. The summed E-state index contributed by atoms with van der Waals surface area (Å²) in [6.45, 7) is 3.94. The van der Waals surface area contributed by atoms with Crippen LogP contribution in [0.1, 0.15) is 31.7 Å². The molecule has 0 aliphatic carbocycles. The highest BCUT2D eigenvalue weighted by Crippen LogP contribution is 2.40. The zero-order valence-electron chi connectivity index (χ0n) is 11.6. The lowest BCUT2D eigenvalue weighted by molar-refractivity contribution is -0.124. The van der Waals surface area contributed by atoms with E-state index in [0.717, 1.165) is 37.2 Å². The number of hydrogen-bond acceptors (Lipinski definition) is 3. The molecule has 0 bridgehead atoms. The SMILES string of the molecule is CCCCN1CCC2(NC(=O)NC2=O)c2ccccc21. The van der Waals surface area contributed by atoms with Gasteiger partial charge < -0.3 is 10.2 Å². The molecule has 0 saturated carbocycles. The number of unbranched alkanes of at least 4 members (excludes halogenated alkanes) is 1. The molecule has 5 heteroatoms. The second-order valence-electron chi connectivity index (χ2n) is 5.42. The van der Waals surface area contributed by atoms with E-state index < -0.39 is 11.6 Å². The van der Waals surface area contributed by atoms with Gasteiger partial charge >= 0.3 is 6.03 Å². The van der Waals surface area contributed by atoms with Gasteiger partial charge in [0.2, 0.25) is 0 Å². The summed E-state index contributed by atoms with van der Waals surface area (Å²) in [5.41, 5.74) is 1.09. The zero-order valence-corrected chi connectivity index (χ0v) is 11.6. The molecule has 1 aromatic carbocycles. The van der Waals surface area contributed by atoms with E-state index >= 15 is 0 Å². The smallest absolute Gasteiger partial charge is 0.322 e. The number of anilines is 1. The highest BCUT2D eigenvalue weighted by molar-refractivity contribution is 6.08. The Hall–Kier alpha value is -2.04. The Kier molecular flexibility index (Phi) is 3.12. The molecule has 0 radical (unpaired) electrons. The lowest BCUT2D eigenvalue weighted by Gasteiger charge is -2.40. The Labute approximate surface area is 118 Å². The molecule has 3 rings (SSSR count). The van der Waals surface area contributed by atoms with Crippen LogP contribution < -0.4 is 15.5 Å². The molecule has 1 spiro atoms. The fourth-order valence-electron chi connectivity index (χ4n) is 3.11. The molecule has 20 heavy (non-hydrogen) atoms. The van der Waals surface area contributed by atoms with E-state index in [9.17, 15) is 9.59 Å². The van der Waals surface area contributed by atoms with Crippen LogP contribution in [0.25, 0.3) is 0 Å². The fourth-order valence-corrected chi connectivity index (χ4v) is 3.11. The minimum absolute atomic E-state index is 0.231. The van der Waals surface area contributed by atoms with E-state index in [0.29, 0.717) is 6.42 Å². The molecule has 1 atom stereocenters. The first-order valence-corrected chi connectivity index (χ1v) is 7.15. The third kappa shape index (κ3) is 1.85. The van der Waals surface area contributed by atoms with Gasteiger partial charge in [-0.25, -0.2) is 4.79 Å². The molecule has 5 nitrogen and oxygen atoms in total. The average molecular weight is 273 g/mol. The van der Waals surface area contributed by atoms with E-state index in [1.54, 1.807) is 0 Å². The molecule has 1 saturated heterocycles. The number of nitrogens with zero attached hydrogens (tertiary/aromatic N) is 1. The number of para-hydroxylation sites is 1. The number of imide groups is 1. The lowest BCUT2D eigenvalue weighted by atomic mass is 9.82. The van der Waals surface area contributed by atoms with Crippen LogP contribution in [-0.4, -0.2) is 25.0 Å². The molecule has 1 aromatic rings. The van der Waals surface area contributed by atoms with Gasteiger partial charge in [0, 0.05) is 30.8 Å². The van der Waals surface area contributed by atoms with Crippen molar-refractivity contribution < 1.29 is 9.59 Å². The van der Waals surface area contributed by atoms with E-state index in [-0.39, 0.29) is 5.91 Å². The summed E-state index contributed by atoms with van der Waals surface area (Å²) in [6, 6.07) is 7.47. The molecule has 1 unspecified atom stereocenters. The quantitative estimate of drug-likeness (QED) is 0.825. The van der Waals surface area contributed by atoms with Crippen molar-refractivity contribution in [2.45, 2.75) is 31.7 Å². The summed E-state index contributed by atoms with van der Waals surface area (Å²) in [6.07, 6.45) is 2.88. The van der Waals surface area contributed by atoms with E-state index in [4.69, 9.17) is 0 Å². The van der Waals surface area contributed by atoms with Crippen molar-refractivity contribution in [3.8, 4) is 0 Å². The number of urea groups is 1. The van der Waals surface area contributed by atoms with E-state index in [2.05, 4.69) is 22.5 Å². The van der Waals surface area contributed by atoms with Gasteiger partial charge in [0.1, 0.15) is 5.54 Å². The van der Waals surface area contributed by atoms with Crippen LogP contribution in [0.2, 0.25) is 0 Å². The monoisotopic (exact) mass is 273 g/mol. The summed E-state index contributed by atoms with van der Waals surface area (Å²) in [5.74, 6) is -0.231. The first-order valence-electron chi connectivity index (χ1n) is 7.15. The highest BCUT2D eigenvalue weighted by Gasteiger charge is 2.50. The van der Waals surface area contributed by atoms with Crippen molar-refractivity contribution >= 4 is 17.6 Å². The van der Waals surface area contributed by atoms with Crippen molar-refractivity contribution in [1.82, 2.24) is 10.6 Å². The second-order valence-corrected chi connectivity index (χ2v) is 5.42. The Morgan fingerprint density at radius 3 is 2.80 bits per heavy atom. The summed E-state index contributed by atoms with van der Waals surface area (Å²) < 4.78 is 0. The summed E-state index contributed by atoms with van der Waals surface area (Å²) in [7, 11) is 0. The molecule has 3 amide bonds. The van der Waals surface area contributed by atoms with Crippen LogP contribution in [0.3, 0.4) is 0 Å². The normalized spacial score (nSPS) is 24.6. The summed E-state index contributed by atoms with van der Waals surface area (Å²) in [5, 5.41) is 5.19. The Bertz CT molecular complexity index is 558. The van der Waals surface area contributed by atoms with Crippen LogP contribution in [0.5, 0.6) is 0 Å². The van der Waals surface area contributed by atoms with Gasteiger partial charge in [0.25, 0.3) is 5.91 Å². The van der Waals surface area contributed by atoms with Gasteiger partial charge in [-0.1, -0.05) is 31.5 Å². The summed E-state index contributed by atoms with van der Waals surface area (Å²) in [4.78, 5) is 26.1. The van der Waals surface area contributed by atoms with Crippen LogP contribution in [0, 0.1) is 0 Å². The average Bonchev–Trinajstić information content (AvgIpc) is 2.74. The van der Waals surface area contributed by atoms with Gasteiger partial charge in [-0.05, 0) is 12.5 Å². The largest absolute Gasteiger partial charge is 0.371 e. The van der Waals surface area contributed by atoms with Crippen LogP contribution in [0.4, 0.5) is 10.5 Å². The Balaban J connectivity index is 2.01. The number of rotatable bonds is 3. The number of nitrogens with one attached hydrogen (secondary N) is 2. The molecular weight excluding hydrogens is 254 g/mol. The second kappa shape index (κ2) is 4.81. The van der Waals surface area contributed by atoms with Crippen molar-refractivity contribution in [3.05, 3.63) is 29.8 Å². The number of fused-ring (bicyclic) bond motifs is 2. The molecule has 1 fully saturated rings. The van der Waals surface area contributed by atoms with E-state index in [1.165, 1.54) is 0 Å². The minimum atomic E-state index is -0.879. The molecule has 2 N–H and O–H groups in total. The first-order chi connectivity index (χ1) is 9.67. The van der Waals surface area contributed by atoms with Crippen LogP contribution in [0.15, 0.2) is 24.3 Å². The third-order valence-electron chi connectivity index (χ3n) is 4.18. The number of hydrogen-bond donors (Lipinski definition) is 2. The minimum Gasteiger partial charge on any atom is -0.371 e. The standard InChI is InChI=1S/C15H19N3O2/c1-2-3-9-18-10-8-15(13(19)16-14(20)17-15)11-6-4-5-7-12(11)18/h4-7H,2-3,8-10H2,1H3,(H2,16,17,19,20). The van der Waals surface area contributed by atoms with Gasteiger partial charge in [-0.2, -0.15) is 0 Å². The van der Waals surface area contributed by atoms with Crippen LogP contribution in [-0.2, 0) is 10.3 Å². The van der Waals surface area contributed by atoms with Crippen molar-refractivity contribution in [2.24, 2.45) is 0 Å². The molecule has 2 heterocycles. The topological polar surface area (TPSA) is 61.4 Å². The maximum atomic E-state index is 12.2. The van der Waals surface area contributed by atoms with E-state index in [1.807, 2.05) is 24.3 Å². The maximum absolute atomic E-state index is 12.2. The fraction of sp³-hybridized carbons (Fsp3) is 0.467. The first kappa shape index (κ1) is 13.0. The number of carbonyl (C=O) groups is 2. The maximum Gasteiger partial charge on any atom is 0.322 e. The molecule has 2 aliphatic rings. The van der Waals surface area contributed by atoms with Crippen LogP contribution >= 0.6 is 0 Å². The van der Waals surface area contributed by atoms with Crippen molar-refractivity contribution in [1.29, 1.82) is 0 Å². The number of amides is 3. The van der Waals surface area contributed by atoms with Gasteiger partial charge in [-0.3, -0.25) is 10.1 Å². The molecule has 0 aromatic heterocycles. The number of benzene rings is 1. The third-order valence-corrected chi connectivity index (χ3v) is 4.18. The molecule has 2 aliphatic heterocycles. The zero-order chi connectivity index (χ0) is 14.2. The van der Waals surface area contributed by atoms with Gasteiger partial charge in [0.15, 0.2) is 0 Å². The Morgan fingerprint density at radius 2 is 2.10 bits per heavy atom. The van der Waals surface area contributed by atoms with Gasteiger partial charge in [0.05, 0.1) is 0 Å². The van der Waals surface area contributed by atoms with Gasteiger partial charge in [-0.15, -0.1) is 0 Å². The molecule has 106 valence electrons. The van der Waals surface area contributed by atoms with Crippen molar-refractivity contribution in [2.75, 3.05) is 18.0 Å².